The Balaban J connectivity index is 1.48. The number of allylic oxidation sites excluding steroid dienone is 1. The van der Waals surface area contributed by atoms with Crippen molar-refractivity contribution in [2.75, 3.05) is 0 Å². The van der Waals surface area contributed by atoms with Crippen molar-refractivity contribution in [3.05, 3.63) is 131 Å². The normalized spacial score (nSPS) is 12.1. The van der Waals surface area contributed by atoms with E-state index in [4.69, 9.17) is 0 Å². The Bertz CT molecular complexity index is 1630. The molecule has 0 aliphatic rings. The lowest BCUT2D eigenvalue weighted by Crippen LogP contribution is -1.92. The highest BCUT2D eigenvalue weighted by Crippen LogP contribution is 2.36. The van der Waals surface area contributed by atoms with Crippen molar-refractivity contribution in [1.29, 1.82) is 0 Å². The van der Waals surface area contributed by atoms with Crippen LogP contribution in [0.2, 0.25) is 0 Å². The maximum atomic E-state index is 2.38. The molecule has 0 amide bonds. The molecule has 33 heavy (non-hydrogen) atoms. The van der Waals surface area contributed by atoms with E-state index in [1.165, 1.54) is 58.8 Å². The van der Waals surface area contributed by atoms with Gasteiger partial charge in [-0.3, -0.25) is 0 Å². The molecule has 1 heterocycles. The third kappa shape index (κ3) is 3.97. The van der Waals surface area contributed by atoms with Crippen LogP contribution in [0.3, 0.4) is 0 Å². The fourth-order valence-corrected chi connectivity index (χ4v) is 5.68. The highest BCUT2D eigenvalue weighted by atomic mass is 32.1. The second kappa shape index (κ2) is 8.35. The third-order valence-corrected chi connectivity index (χ3v) is 7.53. The van der Waals surface area contributed by atoms with Gasteiger partial charge in [-0.25, -0.2) is 0 Å². The van der Waals surface area contributed by atoms with Gasteiger partial charge in [-0.2, -0.15) is 0 Å². The first-order chi connectivity index (χ1) is 16.2. The molecule has 0 aliphatic carbocycles. The molecule has 6 aromatic rings. The van der Waals surface area contributed by atoms with Gasteiger partial charge in [0.1, 0.15) is 0 Å². The molecule has 0 N–H and O–H groups in total. The van der Waals surface area contributed by atoms with E-state index in [1.54, 1.807) is 0 Å². The predicted molar refractivity (Wildman–Crippen MR) is 146 cm³/mol. The number of hydrogen-bond acceptors (Lipinski definition) is 1. The fourth-order valence-electron chi connectivity index (χ4n) is 4.59. The Morgan fingerprint density at radius 1 is 0.667 bits per heavy atom. The summed E-state index contributed by atoms with van der Waals surface area (Å²) in [5, 5.41) is 5.28. The summed E-state index contributed by atoms with van der Waals surface area (Å²) >= 11 is 1.87. The Morgan fingerprint density at radius 3 is 2.30 bits per heavy atom. The predicted octanol–water partition coefficient (Wildman–Crippen LogP) is 9.30. The summed E-state index contributed by atoms with van der Waals surface area (Å²) in [6.45, 7) is 2.14. The summed E-state index contributed by atoms with van der Waals surface area (Å²) < 4.78 is 2.70. The standard InChI is InChI=1S/C32H24S/c1-22-10-12-23(13-11-22)18-28(20-24-14-15-25-6-2-3-7-26(25)19-24)27-16-17-32-30(21-27)29-8-4-5-9-31(29)33-32/h2-19,21H,20H2,1H3/b28-18-. The Morgan fingerprint density at radius 2 is 1.42 bits per heavy atom. The van der Waals surface area contributed by atoms with Gasteiger partial charge in [0.05, 0.1) is 0 Å². The second-order valence-electron chi connectivity index (χ2n) is 8.75. The van der Waals surface area contributed by atoms with Crippen LogP contribution in [-0.2, 0) is 6.42 Å². The smallest absolute Gasteiger partial charge is 0.0355 e. The SMILES string of the molecule is Cc1ccc(/C=C(/Cc2ccc3ccccc3c2)c2ccc3sc4ccccc4c3c2)cc1. The molecule has 1 heteroatoms. The van der Waals surface area contributed by atoms with Gasteiger partial charge in [0.15, 0.2) is 0 Å². The minimum Gasteiger partial charge on any atom is -0.135 e. The van der Waals surface area contributed by atoms with Crippen molar-refractivity contribution in [3.63, 3.8) is 0 Å². The summed E-state index contributed by atoms with van der Waals surface area (Å²) in [4.78, 5) is 0. The lowest BCUT2D eigenvalue weighted by Gasteiger charge is -2.11. The van der Waals surface area contributed by atoms with Crippen molar-refractivity contribution >= 4 is 53.9 Å². The summed E-state index contributed by atoms with van der Waals surface area (Å²) in [7, 11) is 0. The van der Waals surface area contributed by atoms with Gasteiger partial charge in [0, 0.05) is 20.2 Å². The summed E-state index contributed by atoms with van der Waals surface area (Å²) in [6, 6.07) is 39.9. The van der Waals surface area contributed by atoms with E-state index in [9.17, 15) is 0 Å². The molecular weight excluding hydrogens is 416 g/mol. The van der Waals surface area contributed by atoms with E-state index in [1.807, 2.05) is 11.3 Å². The number of aryl methyl sites for hydroxylation is 1. The van der Waals surface area contributed by atoms with Crippen LogP contribution in [-0.4, -0.2) is 0 Å². The number of hydrogen-bond donors (Lipinski definition) is 0. The second-order valence-corrected chi connectivity index (χ2v) is 9.83. The van der Waals surface area contributed by atoms with Crippen LogP contribution < -0.4 is 0 Å². The van der Waals surface area contributed by atoms with E-state index in [2.05, 4.69) is 122 Å². The molecule has 0 radical (unpaired) electrons. The maximum Gasteiger partial charge on any atom is 0.0355 e. The van der Waals surface area contributed by atoms with Gasteiger partial charge in [0.2, 0.25) is 0 Å². The molecule has 0 bridgehead atoms. The van der Waals surface area contributed by atoms with E-state index >= 15 is 0 Å². The lowest BCUT2D eigenvalue weighted by molar-refractivity contribution is 1.30. The zero-order valence-corrected chi connectivity index (χ0v) is 19.4. The zero-order valence-electron chi connectivity index (χ0n) is 18.6. The van der Waals surface area contributed by atoms with E-state index in [0.29, 0.717) is 0 Å². The maximum absolute atomic E-state index is 2.38. The van der Waals surface area contributed by atoms with E-state index in [0.717, 1.165) is 6.42 Å². The summed E-state index contributed by atoms with van der Waals surface area (Å²) in [5.74, 6) is 0. The van der Waals surface area contributed by atoms with Gasteiger partial charge >= 0.3 is 0 Å². The third-order valence-electron chi connectivity index (χ3n) is 6.37. The topological polar surface area (TPSA) is 0 Å². The van der Waals surface area contributed by atoms with Crippen molar-refractivity contribution in [2.45, 2.75) is 13.3 Å². The Hall–Kier alpha value is -3.68. The number of fused-ring (bicyclic) bond motifs is 4. The Kier molecular flexibility index (Phi) is 5.05. The number of rotatable bonds is 4. The summed E-state index contributed by atoms with van der Waals surface area (Å²) in [5.41, 5.74) is 6.49. The molecule has 0 aliphatic heterocycles. The Labute approximate surface area is 198 Å². The van der Waals surface area contributed by atoms with Crippen molar-refractivity contribution in [3.8, 4) is 0 Å². The van der Waals surface area contributed by atoms with Crippen LogP contribution in [0, 0.1) is 6.92 Å². The highest BCUT2D eigenvalue weighted by Gasteiger charge is 2.10. The first kappa shape index (κ1) is 20.0. The molecule has 0 fully saturated rings. The van der Waals surface area contributed by atoms with Crippen LogP contribution >= 0.6 is 11.3 Å². The summed E-state index contributed by atoms with van der Waals surface area (Å²) in [6.07, 6.45) is 3.25. The molecule has 0 atom stereocenters. The van der Waals surface area contributed by atoms with Crippen molar-refractivity contribution < 1.29 is 0 Å². The zero-order chi connectivity index (χ0) is 22.2. The van der Waals surface area contributed by atoms with Crippen LogP contribution in [0.5, 0.6) is 0 Å². The highest BCUT2D eigenvalue weighted by molar-refractivity contribution is 7.25. The van der Waals surface area contributed by atoms with Crippen LogP contribution in [0.25, 0.3) is 42.6 Å². The molecule has 0 saturated heterocycles. The molecule has 5 aromatic carbocycles. The van der Waals surface area contributed by atoms with E-state index in [-0.39, 0.29) is 0 Å². The molecule has 0 unspecified atom stereocenters. The molecule has 0 saturated carbocycles. The number of thiophene rings is 1. The van der Waals surface area contributed by atoms with Crippen molar-refractivity contribution in [1.82, 2.24) is 0 Å². The molecule has 0 spiro atoms. The molecule has 158 valence electrons. The van der Waals surface area contributed by atoms with Crippen molar-refractivity contribution in [2.24, 2.45) is 0 Å². The molecular formula is C32H24S. The quantitative estimate of drug-likeness (QED) is 0.240. The van der Waals surface area contributed by atoms with E-state index < -0.39 is 0 Å². The van der Waals surface area contributed by atoms with Crippen LogP contribution in [0.4, 0.5) is 0 Å². The average molecular weight is 441 g/mol. The first-order valence-electron chi connectivity index (χ1n) is 11.4. The van der Waals surface area contributed by atoms with Gasteiger partial charge in [-0.05, 0) is 64.6 Å². The minimum atomic E-state index is 0.895. The van der Waals surface area contributed by atoms with Crippen LogP contribution in [0.1, 0.15) is 22.3 Å². The molecule has 1 aromatic heterocycles. The van der Waals surface area contributed by atoms with Gasteiger partial charge < -0.3 is 0 Å². The molecule has 6 rings (SSSR count). The monoisotopic (exact) mass is 440 g/mol. The first-order valence-corrected chi connectivity index (χ1v) is 12.2. The van der Waals surface area contributed by atoms with Crippen LogP contribution in [0.15, 0.2) is 109 Å². The van der Waals surface area contributed by atoms with Gasteiger partial charge in [0.25, 0.3) is 0 Å². The lowest BCUT2D eigenvalue weighted by atomic mass is 9.93. The molecule has 0 nitrogen and oxygen atoms in total. The van der Waals surface area contributed by atoms with Gasteiger partial charge in [-0.1, -0.05) is 103 Å². The largest absolute Gasteiger partial charge is 0.135 e. The minimum absolute atomic E-state index is 0.895. The number of benzene rings is 5. The fraction of sp³-hybridized carbons (Fsp3) is 0.0625. The van der Waals surface area contributed by atoms with Gasteiger partial charge in [-0.15, -0.1) is 11.3 Å². The average Bonchev–Trinajstić information content (AvgIpc) is 3.23.